The molecule has 0 bridgehead atoms. The molecule has 2 aromatic rings. The van der Waals surface area contributed by atoms with Crippen molar-refractivity contribution in [2.45, 2.75) is 31.8 Å². The lowest BCUT2D eigenvalue weighted by Crippen LogP contribution is -2.41. The maximum absolute atomic E-state index is 12.3. The van der Waals surface area contributed by atoms with E-state index in [1.807, 2.05) is 29.9 Å². The molecule has 0 aliphatic carbocycles. The fraction of sp³-hybridized carbons (Fsp3) is 0.474. The Hall–Kier alpha value is -2.35. The minimum Gasteiger partial charge on any atom is -0.452 e. The van der Waals surface area contributed by atoms with Crippen molar-refractivity contribution in [2.75, 3.05) is 26.0 Å². The molecule has 1 aromatic carbocycles. The van der Waals surface area contributed by atoms with E-state index in [-0.39, 0.29) is 12.5 Å². The van der Waals surface area contributed by atoms with Crippen LogP contribution in [0.4, 0.5) is 0 Å². The average molecular weight is 388 g/mol. The third kappa shape index (κ3) is 4.50. The predicted molar refractivity (Wildman–Crippen MR) is 103 cm³/mol. The van der Waals surface area contributed by atoms with Crippen LogP contribution < -0.4 is 0 Å². The fourth-order valence-electron chi connectivity index (χ4n) is 3.24. The molecule has 3 rings (SSSR count). The van der Waals surface area contributed by atoms with Gasteiger partial charge in [0, 0.05) is 18.8 Å². The molecule has 0 spiro atoms. The molecular weight excluding hydrogens is 364 g/mol. The van der Waals surface area contributed by atoms with E-state index < -0.39 is 5.97 Å². The molecule has 2 heterocycles. The van der Waals surface area contributed by atoms with Gasteiger partial charge in [-0.25, -0.2) is 4.79 Å². The maximum atomic E-state index is 12.3. The zero-order chi connectivity index (χ0) is 19.4. The second-order valence-corrected chi connectivity index (χ2v) is 7.55. The Kier molecular flexibility index (Phi) is 6.15. The lowest BCUT2D eigenvalue weighted by atomic mass is 10.0. The number of hydrogen-bond donors (Lipinski definition) is 0. The van der Waals surface area contributed by atoms with Crippen LogP contribution in [-0.2, 0) is 9.53 Å². The number of benzene rings is 1. The number of carbonyl (C=O) groups is 2. The predicted octanol–water partition coefficient (Wildman–Crippen LogP) is 2.71. The van der Waals surface area contributed by atoms with Crippen LogP contribution in [0.2, 0.25) is 0 Å². The van der Waals surface area contributed by atoms with Crippen LogP contribution in [-0.4, -0.2) is 57.5 Å². The smallest absolute Gasteiger partial charge is 0.338 e. The molecule has 27 heavy (non-hydrogen) atoms. The topological polar surface area (TPSA) is 77.3 Å². The van der Waals surface area contributed by atoms with E-state index in [2.05, 4.69) is 17.1 Å². The van der Waals surface area contributed by atoms with Gasteiger partial charge in [-0.3, -0.25) is 9.36 Å². The number of thioether (sulfide) groups is 1. The molecule has 0 N–H and O–H groups in total. The van der Waals surface area contributed by atoms with Crippen LogP contribution in [0.3, 0.4) is 0 Å². The van der Waals surface area contributed by atoms with Gasteiger partial charge in [0.2, 0.25) is 0 Å². The molecule has 1 fully saturated rings. The van der Waals surface area contributed by atoms with E-state index in [9.17, 15) is 9.59 Å². The van der Waals surface area contributed by atoms with E-state index >= 15 is 0 Å². The summed E-state index contributed by atoms with van der Waals surface area (Å²) in [4.78, 5) is 26.3. The Bertz CT molecular complexity index is 819. The molecule has 8 heteroatoms. The van der Waals surface area contributed by atoms with Crippen LogP contribution in [0.15, 0.2) is 29.4 Å². The van der Waals surface area contributed by atoms with E-state index in [0.29, 0.717) is 11.5 Å². The Morgan fingerprint density at radius 3 is 2.67 bits per heavy atom. The van der Waals surface area contributed by atoms with Crippen LogP contribution in [0, 0.1) is 12.8 Å². The maximum Gasteiger partial charge on any atom is 0.338 e. The molecule has 1 atom stereocenters. The molecule has 1 aromatic heterocycles. The number of esters is 1. The summed E-state index contributed by atoms with van der Waals surface area (Å²) in [5.41, 5.74) is 1.28. The first-order valence-electron chi connectivity index (χ1n) is 9.01. The first-order valence-corrected chi connectivity index (χ1v) is 10.2. The second kappa shape index (κ2) is 8.56. The number of ether oxygens (including phenoxy) is 1. The van der Waals surface area contributed by atoms with Crippen LogP contribution in [0.25, 0.3) is 5.69 Å². The molecular formula is C19H24N4O3S. The Balaban J connectivity index is 1.61. The van der Waals surface area contributed by atoms with Gasteiger partial charge in [-0.05, 0) is 56.2 Å². The summed E-state index contributed by atoms with van der Waals surface area (Å²) in [6.45, 7) is 5.27. The number of nitrogens with zero attached hydrogens (tertiary/aromatic N) is 4. The molecule has 1 aliphatic rings. The number of aromatic nitrogens is 3. The molecule has 144 valence electrons. The lowest BCUT2D eigenvalue weighted by molar-refractivity contribution is -0.136. The minimum absolute atomic E-state index is 0.128. The molecule has 7 nitrogen and oxygen atoms in total. The zero-order valence-electron chi connectivity index (χ0n) is 15.8. The minimum atomic E-state index is -0.495. The number of likely N-dealkylation sites (tertiary alicyclic amines) is 1. The van der Waals surface area contributed by atoms with Crippen molar-refractivity contribution < 1.29 is 14.3 Å². The highest BCUT2D eigenvalue weighted by atomic mass is 32.2. The Morgan fingerprint density at radius 1 is 1.26 bits per heavy atom. The van der Waals surface area contributed by atoms with E-state index in [1.165, 1.54) is 11.8 Å². The largest absolute Gasteiger partial charge is 0.452 e. The Morgan fingerprint density at radius 2 is 2.00 bits per heavy atom. The fourth-order valence-corrected chi connectivity index (χ4v) is 3.78. The van der Waals surface area contributed by atoms with Gasteiger partial charge in [0.05, 0.1) is 5.56 Å². The summed E-state index contributed by atoms with van der Waals surface area (Å²) < 4.78 is 7.13. The van der Waals surface area contributed by atoms with Crippen LogP contribution >= 0.6 is 11.8 Å². The molecule has 1 aliphatic heterocycles. The highest BCUT2D eigenvalue weighted by molar-refractivity contribution is 7.98. The van der Waals surface area contributed by atoms with Crippen molar-refractivity contribution >= 4 is 23.6 Å². The van der Waals surface area contributed by atoms with Crippen molar-refractivity contribution in [3.8, 4) is 5.69 Å². The van der Waals surface area contributed by atoms with E-state index in [1.54, 1.807) is 17.0 Å². The third-order valence-corrected chi connectivity index (χ3v) is 5.30. The number of aryl methyl sites for hydroxylation is 1. The van der Waals surface area contributed by atoms with Gasteiger partial charge in [0.25, 0.3) is 5.91 Å². The number of carbonyl (C=O) groups excluding carboxylic acids is 2. The second-order valence-electron chi connectivity index (χ2n) is 6.78. The molecule has 1 unspecified atom stereocenters. The van der Waals surface area contributed by atoms with E-state index in [4.69, 9.17) is 4.74 Å². The quantitative estimate of drug-likeness (QED) is 0.579. The van der Waals surface area contributed by atoms with Crippen molar-refractivity contribution in [1.29, 1.82) is 0 Å². The molecule has 0 radical (unpaired) electrons. The van der Waals surface area contributed by atoms with E-state index in [0.717, 1.165) is 42.6 Å². The molecule has 1 amide bonds. The SMILES string of the molecule is CSc1nnc(C)n1-c1ccc(C(=O)OCC(=O)N2CCCC(C)C2)cc1. The summed E-state index contributed by atoms with van der Waals surface area (Å²) in [6.07, 6.45) is 4.08. The number of hydrogen-bond acceptors (Lipinski definition) is 6. The molecule has 1 saturated heterocycles. The Labute approximate surface area is 163 Å². The third-order valence-electron chi connectivity index (χ3n) is 4.68. The summed E-state index contributed by atoms with van der Waals surface area (Å²) in [5.74, 6) is 0.649. The van der Waals surface area contributed by atoms with Crippen molar-refractivity contribution in [1.82, 2.24) is 19.7 Å². The zero-order valence-corrected chi connectivity index (χ0v) is 16.7. The summed E-state index contributed by atoms with van der Waals surface area (Å²) in [7, 11) is 0. The highest BCUT2D eigenvalue weighted by Gasteiger charge is 2.22. The summed E-state index contributed by atoms with van der Waals surface area (Å²) in [6, 6.07) is 7.02. The van der Waals surface area contributed by atoms with Crippen molar-refractivity contribution in [3.63, 3.8) is 0 Å². The van der Waals surface area contributed by atoms with Gasteiger partial charge in [-0.15, -0.1) is 10.2 Å². The number of amides is 1. The standard InChI is InChI=1S/C19H24N4O3S/c1-13-5-4-10-22(11-13)17(24)12-26-18(25)15-6-8-16(9-7-15)23-14(2)20-21-19(23)27-3/h6-9,13H,4-5,10-12H2,1-3H3. The highest BCUT2D eigenvalue weighted by Crippen LogP contribution is 2.20. The van der Waals surface area contributed by atoms with Gasteiger partial charge < -0.3 is 9.64 Å². The van der Waals surface area contributed by atoms with Gasteiger partial charge >= 0.3 is 5.97 Å². The van der Waals surface area contributed by atoms with Crippen molar-refractivity contribution in [2.24, 2.45) is 5.92 Å². The molecule has 0 saturated carbocycles. The average Bonchev–Trinajstić information content (AvgIpc) is 3.06. The normalized spacial score (nSPS) is 17.0. The first kappa shape index (κ1) is 19.4. The summed E-state index contributed by atoms with van der Waals surface area (Å²) >= 11 is 1.50. The summed E-state index contributed by atoms with van der Waals surface area (Å²) in [5, 5.41) is 8.97. The van der Waals surface area contributed by atoms with Crippen LogP contribution in [0.5, 0.6) is 0 Å². The van der Waals surface area contributed by atoms with Gasteiger partial charge in [-0.2, -0.15) is 0 Å². The van der Waals surface area contributed by atoms with Gasteiger partial charge in [-0.1, -0.05) is 18.7 Å². The number of rotatable bonds is 5. The first-order chi connectivity index (χ1) is 13.0. The van der Waals surface area contributed by atoms with Crippen LogP contribution in [0.1, 0.15) is 35.9 Å². The van der Waals surface area contributed by atoms with Crippen molar-refractivity contribution in [3.05, 3.63) is 35.7 Å². The van der Waals surface area contributed by atoms with Gasteiger partial charge in [0.15, 0.2) is 11.8 Å². The van der Waals surface area contributed by atoms with Gasteiger partial charge in [0.1, 0.15) is 5.82 Å². The number of piperidine rings is 1. The monoisotopic (exact) mass is 388 g/mol. The lowest BCUT2D eigenvalue weighted by Gasteiger charge is -2.30.